The Morgan fingerprint density at radius 2 is 1.92 bits per heavy atom. The van der Waals surface area contributed by atoms with Crippen molar-refractivity contribution in [2.24, 2.45) is 17.8 Å². The highest BCUT2D eigenvalue weighted by Crippen LogP contribution is 2.26. The standard InChI is InChI=1S/C11H21NO/c1-5-9(2)11(6-7-12)10(3)8-13-4/h9-11H,5-6,8H2,1-4H3. The molecule has 0 N–H and O–H groups in total. The third-order valence-electron chi connectivity index (χ3n) is 2.86. The first-order chi connectivity index (χ1) is 6.17. The molecule has 3 unspecified atom stereocenters. The van der Waals surface area contributed by atoms with Crippen LogP contribution in [-0.2, 0) is 4.74 Å². The summed E-state index contributed by atoms with van der Waals surface area (Å²) in [6.45, 7) is 7.32. The Morgan fingerprint density at radius 3 is 2.31 bits per heavy atom. The van der Waals surface area contributed by atoms with Crippen LogP contribution in [0.2, 0.25) is 0 Å². The van der Waals surface area contributed by atoms with Crippen LogP contribution < -0.4 is 0 Å². The number of ether oxygens (including phenoxy) is 1. The topological polar surface area (TPSA) is 33.0 Å². The predicted octanol–water partition coefficient (Wildman–Crippen LogP) is 2.84. The van der Waals surface area contributed by atoms with Gasteiger partial charge in [0.1, 0.15) is 0 Å². The zero-order valence-corrected chi connectivity index (χ0v) is 9.21. The van der Waals surface area contributed by atoms with Gasteiger partial charge >= 0.3 is 0 Å². The van der Waals surface area contributed by atoms with Gasteiger partial charge in [0.25, 0.3) is 0 Å². The molecule has 3 atom stereocenters. The van der Waals surface area contributed by atoms with Crippen molar-refractivity contribution in [2.45, 2.75) is 33.6 Å². The van der Waals surface area contributed by atoms with E-state index in [0.29, 0.717) is 24.2 Å². The molecular weight excluding hydrogens is 162 g/mol. The molecule has 0 aromatic heterocycles. The Kier molecular flexibility index (Phi) is 6.62. The summed E-state index contributed by atoms with van der Waals surface area (Å²) >= 11 is 0. The lowest BCUT2D eigenvalue weighted by Crippen LogP contribution is -2.22. The number of rotatable bonds is 6. The summed E-state index contributed by atoms with van der Waals surface area (Å²) in [4.78, 5) is 0. The van der Waals surface area contributed by atoms with Gasteiger partial charge in [-0.25, -0.2) is 0 Å². The molecule has 0 radical (unpaired) electrons. The lowest BCUT2D eigenvalue weighted by Gasteiger charge is -2.26. The van der Waals surface area contributed by atoms with E-state index < -0.39 is 0 Å². The maximum Gasteiger partial charge on any atom is 0.0624 e. The molecule has 0 bridgehead atoms. The van der Waals surface area contributed by atoms with Crippen LogP contribution in [0.3, 0.4) is 0 Å². The van der Waals surface area contributed by atoms with Gasteiger partial charge in [0.05, 0.1) is 6.07 Å². The molecule has 0 aromatic carbocycles. The second-order valence-corrected chi connectivity index (χ2v) is 3.84. The SMILES string of the molecule is CCC(C)C(CC#N)C(C)COC. The zero-order chi connectivity index (χ0) is 10.3. The molecule has 0 saturated heterocycles. The Morgan fingerprint density at radius 1 is 1.31 bits per heavy atom. The van der Waals surface area contributed by atoms with Gasteiger partial charge in [-0.3, -0.25) is 0 Å². The third kappa shape index (κ3) is 4.28. The van der Waals surface area contributed by atoms with Crippen LogP contribution >= 0.6 is 0 Å². The summed E-state index contributed by atoms with van der Waals surface area (Å²) in [7, 11) is 1.72. The maximum atomic E-state index is 8.71. The highest BCUT2D eigenvalue weighted by Gasteiger charge is 2.21. The first-order valence-corrected chi connectivity index (χ1v) is 5.03. The second-order valence-electron chi connectivity index (χ2n) is 3.84. The van der Waals surface area contributed by atoms with Gasteiger partial charge in [0.2, 0.25) is 0 Å². The lowest BCUT2D eigenvalue weighted by atomic mass is 9.80. The Hall–Kier alpha value is -0.550. The minimum atomic E-state index is 0.481. The Labute approximate surface area is 81.9 Å². The van der Waals surface area contributed by atoms with E-state index >= 15 is 0 Å². The molecule has 0 saturated carbocycles. The smallest absolute Gasteiger partial charge is 0.0624 e. The van der Waals surface area contributed by atoms with Gasteiger partial charge in [-0.15, -0.1) is 0 Å². The fraction of sp³-hybridized carbons (Fsp3) is 0.909. The number of hydrogen-bond acceptors (Lipinski definition) is 2. The van der Waals surface area contributed by atoms with Gasteiger partial charge in [-0.1, -0.05) is 27.2 Å². The van der Waals surface area contributed by atoms with E-state index in [9.17, 15) is 0 Å². The molecule has 13 heavy (non-hydrogen) atoms. The number of nitrogens with zero attached hydrogens (tertiary/aromatic N) is 1. The maximum absolute atomic E-state index is 8.71. The van der Waals surface area contributed by atoms with Crippen molar-refractivity contribution in [1.82, 2.24) is 0 Å². The second kappa shape index (κ2) is 6.91. The molecular formula is C11H21NO. The summed E-state index contributed by atoms with van der Waals surface area (Å²) in [6, 6.07) is 2.27. The molecule has 0 aromatic rings. The minimum absolute atomic E-state index is 0.481. The molecule has 0 amide bonds. The van der Waals surface area contributed by atoms with Crippen LogP contribution in [0.4, 0.5) is 0 Å². The molecule has 0 aliphatic rings. The van der Waals surface area contributed by atoms with Crippen molar-refractivity contribution in [3.63, 3.8) is 0 Å². The zero-order valence-electron chi connectivity index (χ0n) is 9.21. The van der Waals surface area contributed by atoms with Gasteiger partial charge in [0.15, 0.2) is 0 Å². The first kappa shape index (κ1) is 12.4. The molecule has 0 heterocycles. The fourth-order valence-electron chi connectivity index (χ4n) is 1.76. The molecule has 76 valence electrons. The summed E-state index contributed by atoms with van der Waals surface area (Å²) in [5, 5.41) is 8.71. The van der Waals surface area contributed by atoms with Crippen molar-refractivity contribution in [1.29, 1.82) is 5.26 Å². The van der Waals surface area contributed by atoms with Gasteiger partial charge in [-0.2, -0.15) is 5.26 Å². The number of methoxy groups -OCH3 is 1. The largest absolute Gasteiger partial charge is 0.384 e. The van der Waals surface area contributed by atoms with Crippen LogP contribution in [-0.4, -0.2) is 13.7 Å². The van der Waals surface area contributed by atoms with E-state index in [2.05, 4.69) is 26.8 Å². The number of hydrogen-bond donors (Lipinski definition) is 0. The monoisotopic (exact) mass is 183 g/mol. The van der Waals surface area contributed by atoms with E-state index in [1.807, 2.05) is 0 Å². The molecule has 2 heteroatoms. The van der Waals surface area contributed by atoms with Gasteiger partial charge in [0, 0.05) is 20.1 Å². The van der Waals surface area contributed by atoms with E-state index in [0.717, 1.165) is 13.0 Å². The van der Waals surface area contributed by atoms with Crippen molar-refractivity contribution in [3.05, 3.63) is 0 Å². The van der Waals surface area contributed by atoms with Crippen LogP contribution in [0, 0.1) is 29.1 Å². The van der Waals surface area contributed by atoms with E-state index in [4.69, 9.17) is 10.00 Å². The molecule has 0 rings (SSSR count). The summed E-state index contributed by atoms with van der Waals surface area (Å²) < 4.78 is 5.12. The molecule has 2 nitrogen and oxygen atoms in total. The van der Waals surface area contributed by atoms with E-state index in [1.54, 1.807) is 7.11 Å². The van der Waals surface area contributed by atoms with Gasteiger partial charge in [-0.05, 0) is 17.8 Å². The molecule has 0 spiro atoms. The summed E-state index contributed by atoms with van der Waals surface area (Å²) in [6.07, 6.45) is 1.79. The van der Waals surface area contributed by atoms with Crippen LogP contribution in [0.15, 0.2) is 0 Å². The summed E-state index contributed by atoms with van der Waals surface area (Å²) in [5.41, 5.74) is 0. The Bertz CT molecular complexity index is 162. The van der Waals surface area contributed by atoms with Crippen LogP contribution in [0.25, 0.3) is 0 Å². The Balaban J connectivity index is 4.15. The molecule has 0 aliphatic heterocycles. The highest BCUT2D eigenvalue weighted by molar-refractivity contribution is 4.81. The average molecular weight is 183 g/mol. The predicted molar refractivity (Wildman–Crippen MR) is 54.2 cm³/mol. The van der Waals surface area contributed by atoms with Crippen LogP contribution in [0.5, 0.6) is 0 Å². The molecule has 0 fully saturated rings. The van der Waals surface area contributed by atoms with Crippen LogP contribution in [0.1, 0.15) is 33.6 Å². The quantitative estimate of drug-likeness (QED) is 0.634. The van der Waals surface area contributed by atoms with Crippen molar-refractivity contribution in [2.75, 3.05) is 13.7 Å². The van der Waals surface area contributed by atoms with E-state index in [-0.39, 0.29) is 0 Å². The summed E-state index contributed by atoms with van der Waals surface area (Å²) in [5.74, 6) is 1.58. The van der Waals surface area contributed by atoms with Gasteiger partial charge < -0.3 is 4.74 Å². The third-order valence-corrected chi connectivity index (χ3v) is 2.86. The lowest BCUT2D eigenvalue weighted by molar-refractivity contribution is 0.109. The highest BCUT2D eigenvalue weighted by atomic mass is 16.5. The van der Waals surface area contributed by atoms with Crippen molar-refractivity contribution < 1.29 is 4.74 Å². The average Bonchev–Trinajstić information content (AvgIpc) is 2.13. The molecule has 0 aliphatic carbocycles. The van der Waals surface area contributed by atoms with Crippen molar-refractivity contribution in [3.8, 4) is 6.07 Å². The van der Waals surface area contributed by atoms with E-state index in [1.165, 1.54) is 0 Å². The first-order valence-electron chi connectivity index (χ1n) is 5.03. The minimum Gasteiger partial charge on any atom is -0.384 e. The normalized spacial score (nSPS) is 17.5. The number of nitriles is 1. The fourth-order valence-corrected chi connectivity index (χ4v) is 1.76. The van der Waals surface area contributed by atoms with Crippen molar-refractivity contribution >= 4 is 0 Å².